The minimum atomic E-state index is -0.227. The maximum atomic E-state index is 11.7. The van der Waals surface area contributed by atoms with Gasteiger partial charge in [-0.05, 0) is 40.5 Å². The molecule has 0 fully saturated rings. The van der Waals surface area contributed by atoms with Crippen LogP contribution >= 0.6 is 27.5 Å². The van der Waals surface area contributed by atoms with Gasteiger partial charge in [-0.3, -0.25) is 4.79 Å². The van der Waals surface area contributed by atoms with Gasteiger partial charge >= 0.3 is 0 Å². The van der Waals surface area contributed by atoms with E-state index in [2.05, 4.69) is 21.2 Å². The molecule has 88 valence electrons. The van der Waals surface area contributed by atoms with Crippen LogP contribution in [0.2, 0.25) is 5.02 Å². The van der Waals surface area contributed by atoms with Crippen LogP contribution in [0, 0.1) is 0 Å². The molecule has 2 N–H and O–H groups in total. The highest BCUT2D eigenvalue weighted by atomic mass is 79.9. The number of amides is 1. The second-order valence-corrected chi connectivity index (χ2v) is 4.65. The van der Waals surface area contributed by atoms with Crippen LogP contribution in [-0.4, -0.2) is 23.7 Å². The summed E-state index contributed by atoms with van der Waals surface area (Å²) in [7, 11) is 0. The zero-order chi connectivity index (χ0) is 12.1. The standard InChI is InChI=1S/C11H13BrClNO2/c1-2-8(6-15)14-11(16)7-3-4-9(12)10(13)5-7/h3-5,8,15H,2,6H2,1H3,(H,14,16)/t8-/m1/s1. The Morgan fingerprint density at radius 1 is 1.62 bits per heavy atom. The van der Waals surface area contributed by atoms with E-state index in [1.165, 1.54) is 0 Å². The third kappa shape index (κ3) is 3.47. The van der Waals surface area contributed by atoms with Crippen molar-refractivity contribution >= 4 is 33.4 Å². The van der Waals surface area contributed by atoms with Gasteiger partial charge in [-0.2, -0.15) is 0 Å². The molecule has 0 aliphatic rings. The van der Waals surface area contributed by atoms with Gasteiger partial charge in [0.1, 0.15) is 0 Å². The minimum Gasteiger partial charge on any atom is -0.394 e. The summed E-state index contributed by atoms with van der Waals surface area (Å²) >= 11 is 9.14. The Balaban J connectivity index is 2.76. The highest BCUT2D eigenvalue weighted by Gasteiger charge is 2.12. The van der Waals surface area contributed by atoms with E-state index in [0.717, 1.165) is 4.47 Å². The lowest BCUT2D eigenvalue weighted by molar-refractivity contribution is 0.0915. The van der Waals surface area contributed by atoms with Crippen molar-refractivity contribution in [1.29, 1.82) is 0 Å². The molecular formula is C11H13BrClNO2. The third-order valence-corrected chi connectivity index (χ3v) is 3.46. The Morgan fingerprint density at radius 3 is 2.81 bits per heavy atom. The lowest BCUT2D eigenvalue weighted by atomic mass is 10.2. The average molecular weight is 307 g/mol. The van der Waals surface area contributed by atoms with E-state index in [9.17, 15) is 4.79 Å². The molecule has 0 aliphatic carbocycles. The molecule has 1 atom stereocenters. The molecule has 5 heteroatoms. The van der Waals surface area contributed by atoms with Gasteiger partial charge in [-0.25, -0.2) is 0 Å². The van der Waals surface area contributed by atoms with Crippen molar-refractivity contribution in [3.05, 3.63) is 33.3 Å². The van der Waals surface area contributed by atoms with Crippen molar-refractivity contribution < 1.29 is 9.90 Å². The van der Waals surface area contributed by atoms with Gasteiger partial charge < -0.3 is 10.4 Å². The number of aliphatic hydroxyl groups excluding tert-OH is 1. The van der Waals surface area contributed by atoms with Crippen molar-refractivity contribution in [2.45, 2.75) is 19.4 Å². The second kappa shape index (κ2) is 6.23. The Labute approximate surface area is 108 Å². The molecule has 0 aromatic heterocycles. The number of nitrogens with one attached hydrogen (secondary N) is 1. The number of hydrogen-bond acceptors (Lipinski definition) is 2. The molecule has 0 saturated heterocycles. The van der Waals surface area contributed by atoms with Crippen molar-refractivity contribution in [2.75, 3.05) is 6.61 Å². The number of benzene rings is 1. The van der Waals surface area contributed by atoms with Gasteiger partial charge in [0.05, 0.1) is 17.7 Å². The van der Waals surface area contributed by atoms with Gasteiger partial charge in [0.15, 0.2) is 0 Å². The van der Waals surface area contributed by atoms with Gasteiger partial charge in [0, 0.05) is 10.0 Å². The highest BCUT2D eigenvalue weighted by Crippen LogP contribution is 2.23. The molecule has 0 bridgehead atoms. The van der Waals surface area contributed by atoms with Gasteiger partial charge in [0.2, 0.25) is 0 Å². The fourth-order valence-electron chi connectivity index (χ4n) is 1.18. The monoisotopic (exact) mass is 305 g/mol. The fraction of sp³-hybridized carbons (Fsp3) is 0.364. The first-order chi connectivity index (χ1) is 7.58. The Kier molecular flexibility index (Phi) is 5.25. The van der Waals surface area contributed by atoms with Crippen LogP contribution in [0.5, 0.6) is 0 Å². The first-order valence-electron chi connectivity index (χ1n) is 4.95. The molecule has 1 rings (SSSR count). The van der Waals surface area contributed by atoms with E-state index in [4.69, 9.17) is 16.7 Å². The molecule has 0 unspecified atom stereocenters. The van der Waals surface area contributed by atoms with Crippen LogP contribution in [0.4, 0.5) is 0 Å². The lowest BCUT2D eigenvalue weighted by Gasteiger charge is -2.14. The van der Waals surface area contributed by atoms with Crippen LogP contribution in [0.25, 0.3) is 0 Å². The fourth-order valence-corrected chi connectivity index (χ4v) is 1.61. The van der Waals surface area contributed by atoms with E-state index >= 15 is 0 Å². The van der Waals surface area contributed by atoms with Crippen LogP contribution < -0.4 is 5.32 Å². The molecule has 0 spiro atoms. The zero-order valence-electron chi connectivity index (χ0n) is 8.84. The minimum absolute atomic E-state index is 0.0630. The Morgan fingerprint density at radius 2 is 2.31 bits per heavy atom. The maximum absolute atomic E-state index is 11.7. The topological polar surface area (TPSA) is 49.3 Å². The largest absolute Gasteiger partial charge is 0.394 e. The molecule has 0 heterocycles. The molecule has 3 nitrogen and oxygen atoms in total. The van der Waals surface area contributed by atoms with E-state index < -0.39 is 0 Å². The molecule has 16 heavy (non-hydrogen) atoms. The summed E-state index contributed by atoms with van der Waals surface area (Å²) in [6, 6.07) is 4.77. The number of rotatable bonds is 4. The predicted octanol–water partition coefficient (Wildman–Crippen LogP) is 2.60. The van der Waals surface area contributed by atoms with Crippen molar-refractivity contribution in [2.24, 2.45) is 0 Å². The second-order valence-electron chi connectivity index (χ2n) is 3.39. The first-order valence-corrected chi connectivity index (χ1v) is 6.12. The van der Waals surface area contributed by atoms with Gasteiger partial charge in [-0.15, -0.1) is 0 Å². The maximum Gasteiger partial charge on any atom is 0.251 e. The summed E-state index contributed by atoms with van der Waals surface area (Å²) in [4.78, 5) is 11.7. The quantitative estimate of drug-likeness (QED) is 0.898. The number of carbonyl (C=O) groups is 1. The Bertz CT molecular complexity index is 380. The van der Waals surface area contributed by atoms with Crippen molar-refractivity contribution in [1.82, 2.24) is 5.32 Å². The molecule has 0 aliphatic heterocycles. The van der Waals surface area contributed by atoms with Crippen molar-refractivity contribution in [3.8, 4) is 0 Å². The summed E-state index contributed by atoms with van der Waals surface area (Å²) < 4.78 is 0.750. The molecule has 1 amide bonds. The van der Waals surface area contributed by atoms with Crippen LogP contribution in [0.3, 0.4) is 0 Å². The SMILES string of the molecule is CC[C@H](CO)NC(=O)c1ccc(Br)c(Cl)c1. The van der Waals surface area contributed by atoms with E-state index in [0.29, 0.717) is 17.0 Å². The van der Waals surface area contributed by atoms with Crippen LogP contribution in [-0.2, 0) is 0 Å². The normalized spacial score (nSPS) is 12.2. The van der Waals surface area contributed by atoms with E-state index in [1.807, 2.05) is 6.92 Å². The van der Waals surface area contributed by atoms with E-state index in [1.54, 1.807) is 18.2 Å². The lowest BCUT2D eigenvalue weighted by Crippen LogP contribution is -2.36. The summed E-state index contributed by atoms with van der Waals surface area (Å²) in [6.07, 6.45) is 0.687. The first kappa shape index (κ1) is 13.5. The number of hydrogen-bond donors (Lipinski definition) is 2. The number of carbonyl (C=O) groups excluding carboxylic acids is 1. The highest BCUT2D eigenvalue weighted by molar-refractivity contribution is 9.10. The average Bonchev–Trinajstić information content (AvgIpc) is 2.29. The molecule has 0 saturated carbocycles. The molecule has 1 aromatic rings. The van der Waals surface area contributed by atoms with Crippen molar-refractivity contribution in [3.63, 3.8) is 0 Å². The summed E-state index contributed by atoms with van der Waals surface area (Å²) in [5.74, 6) is -0.227. The number of aliphatic hydroxyl groups is 1. The smallest absolute Gasteiger partial charge is 0.251 e. The number of halogens is 2. The molecule has 0 radical (unpaired) electrons. The van der Waals surface area contributed by atoms with Crippen LogP contribution in [0.1, 0.15) is 23.7 Å². The summed E-state index contributed by atoms with van der Waals surface area (Å²) in [6.45, 7) is 1.84. The van der Waals surface area contributed by atoms with Gasteiger partial charge in [-0.1, -0.05) is 18.5 Å². The predicted molar refractivity (Wildman–Crippen MR) is 67.8 cm³/mol. The third-order valence-electron chi connectivity index (χ3n) is 2.23. The summed E-state index contributed by atoms with van der Waals surface area (Å²) in [5, 5.41) is 12.2. The molecular weight excluding hydrogens is 293 g/mol. The van der Waals surface area contributed by atoms with Crippen LogP contribution in [0.15, 0.2) is 22.7 Å². The molecule has 1 aromatic carbocycles. The zero-order valence-corrected chi connectivity index (χ0v) is 11.2. The van der Waals surface area contributed by atoms with Gasteiger partial charge in [0.25, 0.3) is 5.91 Å². The summed E-state index contributed by atoms with van der Waals surface area (Å²) in [5.41, 5.74) is 0.486. The van der Waals surface area contributed by atoms with E-state index in [-0.39, 0.29) is 18.6 Å². The Hall–Kier alpha value is -0.580.